The van der Waals surface area contributed by atoms with E-state index in [4.69, 9.17) is 5.73 Å². The van der Waals surface area contributed by atoms with E-state index in [0.717, 1.165) is 24.8 Å². The first kappa shape index (κ1) is 20.3. The van der Waals surface area contributed by atoms with E-state index < -0.39 is 11.2 Å². The van der Waals surface area contributed by atoms with Gasteiger partial charge in [-0.2, -0.15) is 0 Å². The number of benzene rings is 1. The maximum atomic E-state index is 12.3. The Morgan fingerprint density at radius 3 is 2.59 bits per heavy atom. The second-order valence-corrected chi connectivity index (χ2v) is 6.48. The molecule has 1 aromatic heterocycles. The number of nitrogens with one attached hydrogen (secondary N) is 2. The lowest BCUT2D eigenvalue weighted by atomic mass is 10.2. The number of carbonyl (C=O) groups is 1. The fourth-order valence-corrected chi connectivity index (χ4v) is 2.82. The number of nitrogens with two attached hydrogens (primary N) is 1. The van der Waals surface area contributed by atoms with Crippen LogP contribution in [0.4, 0.5) is 11.5 Å². The summed E-state index contributed by atoms with van der Waals surface area (Å²) in [5.74, 6) is -0.165. The maximum Gasteiger partial charge on any atom is 0.330 e. The van der Waals surface area contributed by atoms with Crippen LogP contribution < -0.4 is 27.2 Å². The minimum Gasteiger partial charge on any atom is -0.383 e. The molecule has 0 aliphatic heterocycles. The lowest BCUT2D eigenvalue weighted by Crippen LogP contribution is -2.41. The number of nitrogens with zero attached hydrogens (tertiary/aromatic N) is 2. The molecule has 27 heavy (non-hydrogen) atoms. The molecule has 0 saturated heterocycles. The fourth-order valence-electron chi connectivity index (χ4n) is 2.82. The van der Waals surface area contributed by atoms with Crippen molar-refractivity contribution in [2.45, 2.75) is 32.7 Å². The average molecular weight is 373 g/mol. The van der Waals surface area contributed by atoms with Crippen molar-refractivity contribution in [3.05, 3.63) is 56.7 Å². The van der Waals surface area contributed by atoms with Crippen molar-refractivity contribution in [3.63, 3.8) is 0 Å². The lowest BCUT2D eigenvalue weighted by Gasteiger charge is -2.21. The van der Waals surface area contributed by atoms with Crippen LogP contribution in [0.15, 0.2) is 39.9 Å². The number of amides is 1. The molecule has 0 aliphatic carbocycles. The molecule has 0 spiro atoms. The van der Waals surface area contributed by atoms with Gasteiger partial charge in [-0.1, -0.05) is 50.1 Å². The molecule has 1 heterocycles. The number of carbonyl (C=O) groups excluding carboxylic acids is 1. The fraction of sp³-hybridized carbons (Fsp3) is 0.421. The molecule has 0 fully saturated rings. The number of rotatable bonds is 9. The number of hydrogen-bond donors (Lipinski definition) is 3. The number of aromatic nitrogens is 2. The minimum atomic E-state index is -0.608. The van der Waals surface area contributed by atoms with E-state index in [9.17, 15) is 14.4 Å². The zero-order valence-electron chi connectivity index (χ0n) is 15.8. The van der Waals surface area contributed by atoms with Gasteiger partial charge in [-0.3, -0.25) is 19.1 Å². The summed E-state index contributed by atoms with van der Waals surface area (Å²) in [5.41, 5.74) is 5.91. The highest BCUT2D eigenvalue weighted by atomic mass is 16.2. The van der Waals surface area contributed by atoms with Crippen molar-refractivity contribution in [1.82, 2.24) is 14.9 Å². The first-order chi connectivity index (χ1) is 12.9. The van der Waals surface area contributed by atoms with Crippen LogP contribution in [-0.4, -0.2) is 35.6 Å². The Kier molecular flexibility index (Phi) is 7.22. The van der Waals surface area contributed by atoms with Crippen molar-refractivity contribution in [1.29, 1.82) is 0 Å². The van der Waals surface area contributed by atoms with E-state index in [1.165, 1.54) is 9.47 Å². The van der Waals surface area contributed by atoms with E-state index in [-0.39, 0.29) is 30.5 Å². The van der Waals surface area contributed by atoms with Crippen LogP contribution in [-0.2, 0) is 11.3 Å². The van der Waals surface area contributed by atoms with Gasteiger partial charge < -0.3 is 16.0 Å². The molecular formula is C19H27N5O3. The molecule has 0 atom stereocenters. The maximum absolute atomic E-state index is 12.3. The molecule has 1 aromatic carbocycles. The summed E-state index contributed by atoms with van der Waals surface area (Å²) in [6.07, 6.45) is 3.04. The van der Waals surface area contributed by atoms with Gasteiger partial charge in [0, 0.05) is 13.6 Å². The van der Waals surface area contributed by atoms with Crippen LogP contribution in [0.1, 0.15) is 31.7 Å². The van der Waals surface area contributed by atoms with E-state index in [1.807, 2.05) is 30.3 Å². The Bertz CT molecular complexity index is 873. The number of nitrogen functional groups attached to an aromatic ring is 1. The first-order valence-electron chi connectivity index (χ1n) is 9.08. The summed E-state index contributed by atoms with van der Waals surface area (Å²) in [5, 5.41) is 2.82. The Balaban J connectivity index is 2.18. The number of likely N-dealkylation sites (N-methyl/N-ethyl adjacent to an activating group) is 1. The van der Waals surface area contributed by atoms with Gasteiger partial charge in [0.1, 0.15) is 11.5 Å². The third-order valence-electron chi connectivity index (χ3n) is 4.26. The molecule has 2 rings (SSSR count). The zero-order chi connectivity index (χ0) is 19.8. The summed E-state index contributed by atoms with van der Waals surface area (Å²) in [6.45, 7) is 2.89. The van der Waals surface area contributed by atoms with Crippen LogP contribution in [0.5, 0.6) is 0 Å². The molecule has 4 N–H and O–H groups in total. The summed E-state index contributed by atoms with van der Waals surface area (Å²) in [6, 6.07) is 9.32. The topological polar surface area (TPSA) is 113 Å². The van der Waals surface area contributed by atoms with E-state index >= 15 is 0 Å². The normalized spacial score (nSPS) is 10.6. The molecule has 1 amide bonds. The third-order valence-corrected chi connectivity index (χ3v) is 4.26. The van der Waals surface area contributed by atoms with Crippen molar-refractivity contribution in [3.8, 4) is 0 Å². The summed E-state index contributed by atoms with van der Waals surface area (Å²) < 4.78 is 1.29. The highest BCUT2D eigenvalue weighted by Gasteiger charge is 2.18. The van der Waals surface area contributed by atoms with Crippen LogP contribution in [0, 0.1) is 0 Å². The van der Waals surface area contributed by atoms with Gasteiger partial charge in [-0.25, -0.2) is 4.79 Å². The standard InChI is InChI=1S/C19H27N5O3/c1-3-4-8-11-21-15(25)13-23(2)16-17(20)24(19(27)22-18(16)26)12-14-9-6-5-7-10-14/h5-7,9-10H,3-4,8,11-13,20H2,1-2H3,(H,21,25)(H,22,26,27). The Labute approximate surface area is 158 Å². The van der Waals surface area contributed by atoms with E-state index in [0.29, 0.717) is 6.54 Å². The largest absolute Gasteiger partial charge is 0.383 e. The summed E-state index contributed by atoms with van der Waals surface area (Å²) in [7, 11) is 1.60. The smallest absolute Gasteiger partial charge is 0.330 e. The van der Waals surface area contributed by atoms with E-state index in [2.05, 4.69) is 17.2 Å². The van der Waals surface area contributed by atoms with Crippen LogP contribution in [0.2, 0.25) is 0 Å². The number of unbranched alkanes of at least 4 members (excludes halogenated alkanes) is 2. The number of H-pyrrole nitrogens is 1. The summed E-state index contributed by atoms with van der Waals surface area (Å²) >= 11 is 0. The number of anilines is 2. The molecule has 0 aliphatic rings. The first-order valence-corrected chi connectivity index (χ1v) is 9.08. The Hall–Kier alpha value is -3.03. The second kappa shape index (κ2) is 9.61. The van der Waals surface area contributed by atoms with Gasteiger partial charge in [-0.15, -0.1) is 0 Å². The average Bonchev–Trinajstić information content (AvgIpc) is 2.63. The molecule has 8 heteroatoms. The third kappa shape index (κ3) is 5.47. The second-order valence-electron chi connectivity index (χ2n) is 6.48. The quantitative estimate of drug-likeness (QED) is 0.566. The predicted octanol–water partition coefficient (Wildman–Crippen LogP) is 0.910. The zero-order valence-corrected chi connectivity index (χ0v) is 15.8. The van der Waals surface area contributed by atoms with Crippen molar-refractivity contribution < 1.29 is 4.79 Å². The molecule has 0 bridgehead atoms. The summed E-state index contributed by atoms with van der Waals surface area (Å²) in [4.78, 5) is 40.3. The van der Waals surface area contributed by atoms with Gasteiger partial charge >= 0.3 is 5.69 Å². The van der Waals surface area contributed by atoms with Crippen molar-refractivity contribution in [2.24, 2.45) is 0 Å². The molecule has 8 nitrogen and oxygen atoms in total. The molecule has 0 unspecified atom stereocenters. The predicted molar refractivity (Wildman–Crippen MR) is 107 cm³/mol. The van der Waals surface area contributed by atoms with E-state index in [1.54, 1.807) is 7.05 Å². The van der Waals surface area contributed by atoms with Gasteiger partial charge in [-0.05, 0) is 12.0 Å². The van der Waals surface area contributed by atoms with Gasteiger partial charge in [0.15, 0.2) is 0 Å². The molecular weight excluding hydrogens is 346 g/mol. The monoisotopic (exact) mass is 373 g/mol. The Morgan fingerprint density at radius 1 is 1.22 bits per heavy atom. The molecule has 146 valence electrons. The highest BCUT2D eigenvalue weighted by molar-refractivity contribution is 5.82. The van der Waals surface area contributed by atoms with Gasteiger partial charge in [0.05, 0.1) is 13.1 Å². The van der Waals surface area contributed by atoms with Gasteiger partial charge in [0.2, 0.25) is 5.91 Å². The molecule has 2 aromatic rings. The molecule has 0 saturated carbocycles. The van der Waals surface area contributed by atoms with Crippen molar-refractivity contribution >= 4 is 17.4 Å². The molecule has 0 radical (unpaired) electrons. The lowest BCUT2D eigenvalue weighted by molar-refractivity contribution is -0.119. The van der Waals surface area contributed by atoms with Crippen molar-refractivity contribution in [2.75, 3.05) is 30.8 Å². The number of hydrogen-bond acceptors (Lipinski definition) is 5. The highest BCUT2D eigenvalue weighted by Crippen LogP contribution is 2.15. The van der Waals surface area contributed by atoms with Crippen LogP contribution in [0.3, 0.4) is 0 Å². The van der Waals surface area contributed by atoms with Gasteiger partial charge in [0.25, 0.3) is 5.56 Å². The minimum absolute atomic E-state index is 0.0249. The SMILES string of the molecule is CCCCCNC(=O)CN(C)c1c(N)n(Cc2ccccc2)c(=O)[nH]c1=O. The Morgan fingerprint density at radius 2 is 1.93 bits per heavy atom. The van der Waals surface area contributed by atoms with Crippen LogP contribution >= 0.6 is 0 Å². The van der Waals surface area contributed by atoms with Crippen LogP contribution in [0.25, 0.3) is 0 Å². The number of aromatic amines is 1.